The first kappa shape index (κ1) is 27.8. The number of ether oxygens (including phenoxy) is 2. The summed E-state index contributed by atoms with van der Waals surface area (Å²) in [5, 5.41) is 0. The normalized spacial score (nSPS) is 16.1. The van der Waals surface area contributed by atoms with E-state index in [4.69, 9.17) is 13.9 Å². The van der Waals surface area contributed by atoms with Crippen LogP contribution in [-0.2, 0) is 4.43 Å². The quantitative estimate of drug-likeness (QED) is 0.176. The van der Waals surface area contributed by atoms with E-state index in [0.29, 0.717) is 6.10 Å². The predicted molar refractivity (Wildman–Crippen MR) is 144 cm³/mol. The van der Waals surface area contributed by atoms with Gasteiger partial charge in [-0.15, -0.1) is 0 Å². The second kappa shape index (κ2) is 14.8. The van der Waals surface area contributed by atoms with E-state index in [1.807, 2.05) is 0 Å². The van der Waals surface area contributed by atoms with Crippen LogP contribution in [0, 0.1) is 0 Å². The van der Waals surface area contributed by atoms with Crippen LogP contribution in [0.25, 0.3) is 0 Å². The number of hydrogen-bond acceptors (Lipinski definition) is 3. The lowest BCUT2D eigenvalue weighted by molar-refractivity contribution is 0.200. The summed E-state index contributed by atoms with van der Waals surface area (Å²) in [4.78, 5) is 0. The molecule has 0 saturated heterocycles. The van der Waals surface area contributed by atoms with Gasteiger partial charge in [-0.1, -0.05) is 72.3 Å². The molecule has 0 bridgehead atoms. The second-order valence-electron chi connectivity index (χ2n) is 10.1. The zero-order chi connectivity index (χ0) is 24.1. The zero-order valence-corrected chi connectivity index (χ0v) is 23.4. The molecule has 0 radical (unpaired) electrons. The number of allylic oxidation sites excluding steroid dienone is 2. The minimum atomic E-state index is -1.75. The van der Waals surface area contributed by atoms with E-state index in [9.17, 15) is 0 Å². The maximum absolute atomic E-state index is 6.96. The summed E-state index contributed by atoms with van der Waals surface area (Å²) in [5.74, 6) is 3.11. The van der Waals surface area contributed by atoms with Crippen LogP contribution in [0.5, 0.6) is 11.5 Å². The lowest BCUT2D eigenvalue weighted by Crippen LogP contribution is -2.37. The summed E-state index contributed by atoms with van der Waals surface area (Å²) in [6.07, 6.45) is 15.1. The third kappa shape index (κ3) is 9.03. The number of benzene rings is 1. The smallest absolute Gasteiger partial charge is 0.250 e. The van der Waals surface area contributed by atoms with Crippen molar-refractivity contribution in [3.63, 3.8) is 0 Å². The van der Waals surface area contributed by atoms with Crippen molar-refractivity contribution in [2.45, 2.75) is 129 Å². The predicted octanol–water partition coefficient (Wildman–Crippen LogP) is 9.39. The van der Waals surface area contributed by atoms with Gasteiger partial charge in [-0.2, -0.15) is 0 Å². The minimum absolute atomic E-state index is 0.275. The Labute approximate surface area is 205 Å². The van der Waals surface area contributed by atoms with Crippen LogP contribution >= 0.6 is 0 Å². The first-order valence-corrected chi connectivity index (χ1v) is 16.2. The average molecular weight is 475 g/mol. The molecular weight excluding hydrogens is 424 g/mol. The summed E-state index contributed by atoms with van der Waals surface area (Å²) in [7, 11) is -0.0255. The van der Waals surface area contributed by atoms with Crippen LogP contribution in [0.1, 0.15) is 110 Å². The van der Waals surface area contributed by atoms with Crippen LogP contribution < -0.4 is 9.47 Å². The van der Waals surface area contributed by atoms with E-state index >= 15 is 0 Å². The van der Waals surface area contributed by atoms with Gasteiger partial charge in [0.1, 0.15) is 0 Å². The molecule has 0 amide bonds. The van der Waals surface area contributed by atoms with Crippen molar-refractivity contribution >= 4 is 8.32 Å². The maximum atomic E-state index is 6.96. The van der Waals surface area contributed by atoms with Gasteiger partial charge in [-0.05, 0) is 74.5 Å². The van der Waals surface area contributed by atoms with E-state index in [0.717, 1.165) is 30.1 Å². The summed E-state index contributed by atoms with van der Waals surface area (Å²) >= 11 is 0. The van der Waals surface area contributed by atoms with E-state index in [2.05, 4.69) is 58.9 Å². The second-order valence-corrected chi connectivity index (χ2v) is 14.2. The number of methoxy groups -OCH3 is 1. The van der Waals surface area contributed by atoms with Gasteiger partial charge in [0.25, 0.3) is 8.32 Å². The van der Waals surface area contributed by atoms with Gasteiger partial charge in [0, 0.05) is 5.92 Å². The van der Waals surface area contributed by atoms with Gasteiger partial charge in [-0.3, -0.25) is 0 Å². The highest BCUT2D eigenvalue weighted by Crippen LogP contribution is 2.36. The van der Waals surface area contributed by atoms with E-state index in [1.165, 1.54) is 75.1 Å². The van der Waals surface area contributed by atoms with Gasteiger partial charge in [0.2, 0.25) is 0 Å². The number of rotatable bonds is 16. The maximum Gasteiger partial charge on any atom is 0.250 e. The lowest BCUT2D eigenvalue weighted by Gasteiger charge is -2.33. The van der Waals surface area contributed by atoms with Crippen LogP contribution in [0.4, 0.5) is 0 Å². The van der Waals surface area contributed by atoms with Crippen molar-refractivity contribution in [3.8, 4) is 11.5 Å². The molecule has 1 aliphatic rings. The molecule has 1 saturated carbocycles. The highest BCUT2D eigenvalue weighted by Gasteiger charge is 2.35. The Kier molecular flexibility index (Phi) is 12.4. The molecule has 0 aromatic heterocycles. The Morgan fingerprint density at radius 1 is 0.970 bits per heavy atom. The van der Waals surface area contributed by atoms with Gasteiger partial charge >= 0.3 is 0 Å². The Morgan fingerprint density at radius 3 is 2.06 bits per heavy atom. The highest BCUT2D eigenvalue weighted by atomic mass is 28.4. The summed E-state index contributed by atoms with van der Waals surface area (Å²) in [6.45, 7) is 11.4. The van der Waals surface area contributed by atoms with Gasteiger partial charge in [-0.25, -0.2) is 0 Å². The average Bonchev–Trinajstić information content (AvgIpc) is 3.33. The molecule has 0 heterocycles. The van der Waals surface area contributed by atoms with E-state index in [-0.39, 0.29) is 5.92 Å². The molecule has 1 fully saturated rings. The molecule has 0 spiro atoms. The fraction of sp³-hybridized carbons (Fsp3) is 0.724. The lowest BCUT2D eigenvalue weighted by atomic mass is 10.00. The SMILES string of the molecule is CCCC[Si](CCCC)(CCCC)O/C(C)=C\C(C)c1ccc(OC)c(OC2CCCC2)c1. The topological polar surface area (TPSA) is 27.7 Å². The minimum Gasteiger partial charge on any atom is -0.547 e. The van der Waals surface area contributed by atoms with E-state index in [1.54, 1.807) is 7.11 Å². The molecule has 2 rings (SSSR count). The first-order chi connectivity index (χ1) is 16.0. The Bertz CT molecular complexity index is 687. The van der Waals surface area contributed by atoms with Crippen molar-refractivity contribution in [2.24, 2.45) is 0 Å². The first-order valence-electron chi connectivity index (χ1n) is 13.7. The number of unbranched alkanes of at least 4 members (excludes halogenated alkanes) is 3. The summed E-state index contributed by atoms with van der Waals surface area (Å²) in [6, 6.07) is 10.3. The third-order valence-electron chi connectivity index (χ3n) is 7.13. The molecule has 0 N–H and O–H groups in total. The summed E-state index contributed by atoms with van der Waals surface area (Å²) in [5.41, 5.74) is 1.26. The standard InChI is InChI=1S/C29H50O3Si/c1-7-10-19-33(20-11-8-2,21-12-9-3)32-25(5)22-24(4)26-17-18-28(30-6)29(23-26)31-27-15-13-14-16-27/h17-18,22-24,27H,7-16,19-21H2,1-6H3/b25-22-. The largest absolute Gasteiger partial charge is 0.547 e. The monoisotopic (exact) mass is 474 g/mol. The Hall–Kier alpha value is -1.42. The fourth-order valence-electron chi connectivity index (χ4n) is 5.10. The van der Waals surface area contributed by atoms with Gasteiger partial charge < -0.3 is 13.9 Å². The molecule has 33 heavy (non-hydrogen) atoms. The van der Waals surface area contributed by atoms with Crippen molar-refractivity contribution in [2.75, 3.05) is 7.11 Å². The van der Waals surface area contributed by atoms with Crippen LogP contribution in [0.15, 0.2) is 30.0 Å². The molecule has 0 aliphatic heterocycles. The third-order valence-corrected chi connectivity index (χ3v) is 11.7. The molecule has 1 atom stereocenters. The Morgan fingerprint density at radius 2 is 1.55 bits per heavy atom. The van der Waals surface area contributed by atoms with Crippen LogP contribution in [-0.4, -0.2) is 21.5 Å². The Balaban J connectivity index is 2.18. The molecule has 1 aromatic carbocycles. The molecule has 1 unspecified atom stereocenters. The molecule has 188 valence electrons. The zero-order valence-electron chi connectivity index (χ0n) is 22.4. The molecule has 1 aliphatic carbocycles. The van der Waals surface area contributed by atoms with Gasteiger partial charge in [0.05, 0.1) is 19.0 Å². The van der Waals surface area contributed by atoms with Crippen LogP contribution in [0.2, 0.25) is 18.1 Å². The van der Waals surface area contributed by atoms with Crippen molar-refractivity contribution in [3.05, 3.63) is 35.6 Å². The van der Waals surface area contributed by atoms with E-state index < -0.39 is 8.32 Å². The number of hydrogen-bond donors (Lipinski definition) is 0. The molecular formula is C29H50O3Si. The van der Waals surface area contributed by atoms with Crippen LogP contribution in [0.3, 0.4) is 0 Å². The van der Waals surface area contributed by atoms with Crippen molar-refractivity contribution in [1.29, 1.82) is 0 Å². The van der Waals surface area contributed by atoms with Crippen molar-refractivity contribution < 1.29 is 13.9 Å². The van der Waals surface area contributed by atoms with Gasteiger partial charge in [0.15, 0.2) is 11.5 Å². The highest BCUT2D eigenvalue weighted by molar-refractivity contribution is 6.74. The molecule has 4 heteroatoms. The fourth-order valence-corrected chi connectivity index (χ4v) is 9.90. The van der Waals surface area contributed by atoms with Crippen molar-refractivity contribution in [1.82, 2.24) is 0 Å². The molecule has 1 aromatic rings. The summed E-state index contributed by atoms with van der Waals surface area (Å²) < 4.78 is 18.9. The molecule has 3 nitrogen and oxygen atoms in total.